The summed E-state index contributed by atoms with van der Waals surface area (Å²) in [5.41, 5.74) is 0.610. The zero-order valence-electron chi connectivity index (χ0n) is 9.31. The first kappa shape index (κ1) is 11.1. The molecule has 1 aromatic rings. The van der Waals surface area contributed by atoms with Crippen molar-refractivity contribution in [1.29, 1.82) is 0 Å². The van der Waals surface area contributed by atoms with Gasteiger partial charge in [-0.05, 0) is 13.0 Å². The number of carbonyl (C=O) groups is 1. The third-order valence-corrected chi connectivity index (χ3v) is 2.60. The minimum absolute atomic E-state index is 0.0186. The van der Waals surface area contributed by atoms with Gasteiger partial charge in [-0.3, -0.25) is 4.79 Å². The smallest absolute Gasteiger partial charge is 0.213 e. The molecule has 4 heteroatoms. The average Bonchev–Trinajstić information content (AvgIpc) is 2.31. The zero-order valence-corrected chi connectivity index (χ0v) is 9.31. The van der Waals surface area contributed by atoms with E-state index in [0.717, 1.165) is 26.1 Å². The number of pyridine rings is 1. The van der Waals surface area contributed by atoms with Crippen LogP contribution < -0.4 is 4.74 Å². The van der Waals surface area contributed by atoms with Gasteiger partial charge >= 0.3 is 0 Å². The van der Waals surface area contributed by atoms with E-state index in [2.05, 4.69) is 4.98 Å². The summed E-state index contributed by atoms with van der Waals surface area (Å²) in [6, 6.07) is 3.48. The van der Waals surface area contributed by atoms with E-state index in [1.54, 1.807) is 18.3 Å². The SMILES string of the molecule is CC(=O)c1ccc(OC2CCOCC2)nc1. The van der Waals surface area contributed by atoms with E-state index in [9.17, 15) is 4.79 Å². The van der Waals surface area contributed by atoms with Crippen molar-refractivity contribution >= 4 is 5.78 Å². The van der Waals surface area contributed by atoms with Crippen molar-refractivity contribution in [1.82, 2.24) is 4.98 Å². The van der Waals surface area contributed by atoms with Crippen LogP contribution in [0.4, 0.5) is 0 Å². The Labute approximate surface area is 94.6 Å². The summed E-state index contributed by atoms with van der Waals surface area (Å²) < 4.78 is 10.9. The molecule has 2 rings (SSSR count). The number of hydrogen-bond donors (Lipinski definition) is 0. The lowest BCUT2D eigenvalue weighted by atomic mass is 10.1. The number of rotatable bonds is 3. The van der Waals surface area contributed by atoms with Gasteiger partial charge in [0.25, 0.3) is 0 Å². The number of aromatic nitrogens is 1. The van der Waals surface area contributed by atoms with Crippen molar-refractivity contribution in [2.24, 2.45) is 0 Å². The molecular weight excluding hydrogens is 206 g/mol. The van der Waals surface area contributed by atoms with E-state index in [0.29, 0.717) is 11.4 Å². The van der Waals surface area contributed by atoms with Gasteiger partial charge in [0.1, 0.15) is 6.10 Å². The molecule has 0 atom stereocenters. The van der Waals surface area contributed by atoms with Crippen LogP contribution in [0.25, 0.3) is 0 Å². The second-order valence-corrected chi connectivity index (χ2v) is 3.87. The predicted octanol–water partition coefficient (Wildman–Crippen LogP) is 1.84. The van der Waals surface area contributed by atoms with E-state index in [4.69, 9.17) is 9.47 Å². The van der Waals surface area contributed by atoms with Gasteiger partial charge < -0.3 is 9.47 Å². The molecule has 0 unspecified atom stereocenters. The molecule has 1 fully saturated rings. The minimum Gasteiger partial charge on any atom is -0.474 e. The molecule has 1 saturated heterocycles. The van der Waals surface area contributed by atoms with Crippen molar-refractivity contribution in [3.63, 3.8) is 0 Å². The van der Waals surface area contributed by atoms with Crippen LogP contribution >= 0.6 is 0 Å². The van der Waals surface area contributed by atoms with Gasteiger partial charge in [-0.15, -0.1) is 0 Å². The molecule has 0 aliphatic carbocycles. The van der Waals surface area contributed by atoms with Gasteiger partial charge in [0.2, 0.25) is 5.88 Å². The van der Waals surface area contributed by atoms with Gasteiger partial charge in [0.15, 0.2) is 5.78 Å². The molecule has 1 aromatic heterocycles. The standard InChI is InChI=1S/C12H15NO3/c1-9(14)10-2-3-12(13-8-10)16-11-4-6-15-7-5-11/h2-3,8,11H,4-7H2,1H3. The van der Waals surface area contributed by atoms with Crippen LogP contribution in [0, 0.1) is 0 Å². The third-order valence-electron chi connectivity index (χ3n) is 2.60. The quantitative estimate of drug-likeness (QED) is 0.731. The predicted molar refractivity (Wildman–Crippen MR) is 58.7 cm³/mol. The maximum absolute atomic E-state index is 11.0. The molecule has 0 amide bonds. The number of ketones is 1. The summed E-state index contributed by atoms with van der Waals surface area (Å²) >= 11 is 0. The summed E-state index contributed by atoms with van der Waals surface area (Å²) in [5.74, 6) is 0.599. The van der Waals surface area contributed by atoms with Crippen LogP contribution in [-0.2, 0) is 4.74 Å². The highest BCUT2D eigenvalue weighted by atomic mass is 16.5. The molecule has 0 saturated carbocycles. The number of carbonyl (C=O) groups excluding carboxylic acids is 1. The van der Waals surface area contributed by atoms with Gasteiger partial charge in [-0.1, -0.05) is 0 Å². The van der Waals surface area contributed by atoms with Crippen LogP contribution in [0.1, 0.15) is 30.1 Å². The van der Waals surface area contributed by atoms with Crippen molar-refractivity contribution in [2.45, 2.75) is 25.9 Å². The Morgan fingerprint density at radius 3 is 2.75 bits per heavy atom. The van der Waals surface area contributed by atoms with E-state index in [1.807, 2.05) is 0 Å². The Balaban J connectivity index is 1.96. The molecular formula is C12H15NO3. The number of hydrogen-bond acceptors (Lipinski definition) is 4. The Kier molecular flexibility index (Phi) is 3.51. The van der Waals surface area contributed by atoms with E-state index >= 15 is 0 Å². The fourth-order valence-corrected chi connectivity index (χ4v) is 1.62. The lowest BCUT2D eigenvalue weighted by molar-refractivity contribution is 0.0237. The highest BCUT2D eigenvalue weighted by Gasteiger charge is 2.15. The number of ether oxygens (including phenoxy) is 2. The van der Waals surface area contributed by atoms with Crippen molar-refractivity contribution in [2.75, 3.05) is 13.2 Å². The Morgan fingerprint density at radius 2 is 2.19 bits per heavy atom. The van der Waals surface area contributed by atoms with Crippen LogP contribution in [-0.4, -0.2) is 30.1 Å². The highest BCUT2D eigenvalue weighted by Crippen LogP contribution is 2.15. The molecule has 1 aliphatic rings. The van der Waals surface area contributed by atoms with E-state index in [1.165, 1.54) is 6.92 Å². The summed E-state index contributed by atoms with van der Waals surface area (Å²) in [6.45, 7) is 3.02. The first-order valence-corrected chi connectivity index (χ1v) is 5.47. The minimum atomic E-state index is 0.0186. The fraction of sp³-hybridized carbons (Fsp3) is 0.500. The Hall–Kier alpha value is -1.42. The van der Waals surface area contributed by atoms with Gasteiger partial charge in [0, 0.05) is 30.7 Å². The van der Waals surface area contributed by atoms with Gasteiger partial charge in [0.05, 0.1) is 13.2 Å². The normalized spacial score (nSPS) is 17.1. The van der Waals surface area contributed by atoms with Crippen molar-refractivity contribution in [3.05, 3.63) is 23.9 Å². The molecule has 16 heavy (non-hydrogen) atoms. The second kappa shape index (κ2) is 5.07. The van der Waals surface area contributed by atoms with Gasteiger partial charge in [-0.25, -0.2) is 4.98 Å². The van der Waals surface area contributed by atoms with Crippen molar-refractivity contribution in [3.8, 4) is 5.88 Å². The summed E-state index contributed by atoms with van der Waals surface area (Å²) in [6.07, 6.45) is 3.54. The van der Waals surface area contributed by atoms with E-state index in [-0.39, 0.29) is 11.9 Å². The molecule has 1 aliphatic heterocycles. The first-order chi connectivity index (χ1) is 7.75. The summed E-state index contributed by atoms with van der Waals surface area (Å²) in [7, 11) is 0. The molecule has 0 bridgehead atoms. The molecule has 0 aromatic carbocycles. The lowest BCUT2D eigenvalue weighted by Crippen LogP contribution is -2.26. The van der Waals surface area contributed by atoms with Crippen LogP contribution in [0.3, 0.4) is 0 Å². The van der Waals surface area contributed by atoms with Crippen molar-refractivity contribution < 1.29 is 14.3 Å². The molecule has 0 N–H and O–H groups in total. The Morgan fingerprint density at radius 1 is 1.44 bits per heavy atom. The third kappa shape index (κ3) is 2.79. The largest absolute Gasteiger partial charge is 0.474 e. The van der Waals surface area contributed by atoms with Crippen LogP contribution in [0.15, 0.2) is 18.3 Å². The molecule has 0 spiro atoms. The maximum Gasteiger partial charge on any atom is 0.213 e. The Bertz CT molecular complexity index is 355. The molecule has 2 heterocycles. The molecule has 86 valence electrons. The lowest BCUT2D eigenvalue weighted by Gasteiger charge is -2.22. The first-order valence-electron chi connectivity index (χ1n) is 5.47. The number of Topliss-reactive ketones (excluding diaryl/α,β-unsaturated/α-hetero) is 1. The summed E-state index contributed by atoms with van der Waals surface area (Å²) in [4.78, 5) is 15.2. The zero-order chi connectivity index (χ0) is 11.4. The van der Waals surface area contributed by atoms with Crippen LogP contribution in [0.5, 0.6) is 5.88 Å². The molecule has 0 radical (unpaired) electrons. The number of nitrogens with zero attached hydrogens (tertiary/aromatic N) is 1. The second-order valence-electron chi connectivity index (χ2n) is 3.87. The fourth-order valence-electron chi connectivity index (χ4n) is 1.62. The van der Waals surface area contributed by atoms with Gasteiger partial charge in [-0.2, -0.15) is 0 Å². The topological polar surface area (TPSA) is 48.4 Å². The monoisotopic (exact) mass is 221 g/mol. The van der Waals surface area contributed by atoms with Crippen LogP contribution in [0.2, 0.25) is 0 Å². The average molecular weight is 221 g/mol. The maximum atomic E-state index is 11.0. The molecule has 4 nitrogen and oxygen atoms in total. The highest BCUT2D eigenvalue weighted by molar-refractivity contribution is 5.93. The summed E-state index contributed by atoms with van der Waals surface area (Å²) in [5, 5.41) is 0. The van der Waals surface area contributed by atoms with E-state index < -0.39 is 0 Å².